The first-order valence-electron chi connectivity index (χ1n) is 4.89. The van der Waals surface area contributed by atoms with Gasteiger partial charge < -0.3 is 16.2 Å². The highest BCUT2D eigenvalue weighted by atomic mass is 127. The van der Waals surface area contributed by atoms with E-state index in [1.165, 1.54) is 0 Å². The quantitative estimate of drug-likeness (QED) is 0.344. The number of carbonyl (C=O) groups excluding carboxylic acids is 1. The van der Waals surface area contributed by atoms with Gasteiger partial charge in [0.1, 0.15) is 6.04 Å². The molecule has 0 unspecified atom stereocenters. The fourth-order valence-corrected chi connectivity index (χ4v) is 1.50. The van der Waals surface area contributed by atoms with Crippen LogP contribution in [0.4, 0.5) is 0 Å². The largest absolute Gasteiger partial charge is 0.480 e. The molecule has 6 heteroatoms. The van der Waals surface area contributed by atoms with E-state index in [9.17, 15) is 9.59 Å². The third-order valence-electron chi connectivity index (χ3n) is 1.90. The highest BCUT2D eigenvalue weighted by molar-refractivity contribution is 14.1. The molecule has 0 fully saturated rings. The lowest BCUT2D eigenvalue weighted by molar-refractivity contribution is -0.138. The average Bonchev–Trinajstić information content (AvgIpc) is 2.17. The molecule has 88 valence electrons. The zero-order chi connectivity index (χ0) is 11.7. The van der Waals surface area contributed by atoms with Crippen molar-refractivity contribution in [3.63, 3.8) is 0 Å². The zero-order valence-electron chi connectivity index (χ0n) is 8.54. The fourth-order valence-electron chi connectivity index (χ4n) is 1.01. The van der Waals surface area contributed by atoms with E-state index in [0.717, 1.165) is 17.3 Å². The minimum atomic E-state index is -0.969. The summed E-state index contributed by atoms with van der Waals surface area (Å²) >= 11 is 2.14. The molecule has 0 aromatic heterocycles. The Morgan fingerprint density at radius 2 is 2.07 bits per heavy atom. The Morgan fingerprint density at radius 1 is 1.40 bits per heavy atom. The van der Waals surface area contributed by atoms with Crippen molar-refractivity contribution in [1.82, 2.24) is 5.32 Å². The van der Waals surface area contributed by atoms with Gasteiger partial charge in [-0.2, -0.15) is 0 Å². The van der Waals surface area contributed by atoms with Crippen LogP contribution in [0.3, 0.4) is 0 Å². The third-order valence-corrected chi connectivity index (χ3v) is 2.44. The lowest BCUT2D eigenvalue weighted by atomic mass is 10.1. The van der Waals surface area contributed by atoms with Crippen LogP contribution in [0.5, 0.6) is 0 Å². The number of carbonyl (C=O) groups is 2. The molecule has 0 radical (unpaired) electrons. The summed E-state index contributed by atoms with van der Waals surface area (Å²) in [4.78, 5) is 21.4. The standard InChI is InChI=1S/C9H17IN2O3/c10-5-4-8(13)12-6-2-1-3-7(11)9(14)15/h7H,1-6,11H2,(H,12,13)(H,14,15)/t7-/m0/s1. The van der Waals surface area contributed by atoms with Crippen LogP contribution in [-0.4, -0.2) is 34.0 Å². The number of aliphatic carboxylic acids is 1. The van der Waals surface area contributed by atoms with E-state index >= 15 is 0 Å². The molecule has 1 amide bonds. The molecule has 15 heavy (non-hydrogen) atoms. The summed E-state index contributed by atoms with van der Waals surface area (Å²) < 4.78 is 0.813. The van der Waals surface area contributed by atoms with Gasteiger partial charge in [0, 0.05) is 17.4 Å². The first-order valence-corrected chi connectivity index (χ1v) is 6.41. The van der Waals surface area contributed by atoms with E-state index in [1.54, 1.807) is 0 Å². The number of amides is 1. The minimum absolute atomic E-state index is 0.0481. The van der Waals surface area contributed by atoms with Crippen LogP contribution < -0.4 is 11.1 Å². The Morgan fingerprint density at radius 3 is 2.60 bits per heavy atom. The number of carboxylic acids is 1. The second kappa shape index (κ2) is 8.90. The van der Waals surface area contributed by atoms with Gasteiger partial charge in [0.25, 0.3) is 0 Å². The lowest BCUT2D eigenvalue weighted by Gasteiger charge is -2.06. The second-order valence-electron chi connectivity index (χ2n) is 3.23. The Balaban J connectivity index is 3.32. The summed E-state index contributed by atoms with van der Waals surface area (Å²) in [6, 6.07) is -0.782. The van der Waals surface area contributed by atoms with Gasteiger partial charge in [-0.3, -0.25) is 9.59 Å². The maximum Gasteiger partial charge on any atom is 0.320 e. The first kappa shape index (κ1) is 14.6. The highest BCUT2D eigenvalue weighted by Gasteiger charge is 2.09. The van der Waals surface area contributed by atoms with Crippen LogP contribution in [0, 0.1) is 0 Å². The van der Waals surface area contributed by atoms with Crippen LogP contribution >= 0.6 is 22.6 Å². The van der Waals surface area contributed by atoms with E-state index in [4.69, 9.17) is 10.8 Å². The van der Waals surface area contributed by atoms with Crippen molar-refractivity contribution in [1.29, 1.82) is 0 Å². The molecule has 0 rings (SSSR count). The van der Waals surface area contributed by atoms with Crippen LogP contribution in [0.25, 0.3) is 0 Å². The van der Waals surface area contributed by atoms with Gasteiger partial charge in [-0.1, -0.05) is 22.6 Å². The molecule has 0 heterocycles. The van der Waals surface area contributed by atoms with Crippen molar-refractivity contribution in [2.24, 2.45) is 5.73 Å². The maximum atomic E-state index is 11.0. The number of unbranched alkanes of at least 4 members (excludes halogenated alkanes) is 1. The Bertz CT molecular complexity index is 212. The molecule has 5 nitrogen and oxygen atoms in total. The topological polar surface area (TPSA) is 92.4 Å². The van der Waals surface area contributed by atoms with Gasteiger partial charge in [0.2, 0.25) is 5.91 Å². The van der Waals surface area contributed by atoms with Gasteiger partial charge in [0.15, 0.2) is 0 Å². The number of carboxylic acid groups (broad SMARTS) is 1. The van der Waals surface area contributed by atoms with Crippen molar-refractivity contribution < 1.29 is 14.7 Å². The fraction of sp³-hybridized carbons (Fsp3) is 0.778. The normalized spacial score (nSPS) is 12.1. The number of rotatable bonds is 8. The number of alkyl halides is 1. The molecule has 0 aromatic carbocycles. The number of nitrogens with one attached hydrogen (secondary N) is 1. The summed E-state index contributed by atoms with van der Waals surface area (Å²) in [6.07, 6.45) is 2.48. The van der Waals surface area contributed by atoms with Crippen LogP contribution in [0.15, 0.2) is 0 Å². The summed E-state index contributed by atoms with van der Waals surface area (Å²) in [5.41, 5.74) is 5.32. The Kier molecular flexibility index (Phi) is 8.68. The van der Waals surface area contributed by atoms with Crippen LogP contribution in [0.2, 0.25) is 0 Å². The van der Waals surface area contributed by atoms with E-state index in [0.29, 0.717) is 19.4 Å². The average molecular weight is 328 g/mol. The van der Waals surface area contributed by atoms with Gasteiger partial charge in [0.05, 0.1) is 0 Å². The SMILES string of the molecule is N[C@@H](CCCCNC(=O)CCI)C(=O)O. The van der Waals surface area contributed by atoms with Crippen molar-refractivity contribution in [3.05, 3.63) is 0 Å². The smallest absolute Gasteiger partial charge is 0.320 e. The first-order chi connectivity index (χ1) is 7.07. The predicted molar refractivity (Wildman–Crippen MR) is 66.0 cm³/mol. The molecule has 0 aromatic rings. The molecular formula is C9H17IN2O3. The second-order valence-corrected chi connectivity index (χ2v) is 4.31. The van der Waals surface area contributed by atoms with E-state index < -0.39 is 12.0 Å². The molecule has 0 bridgehead atoms. The molecule has 0 aliphatic heterocycles. The van der Waals surface area contributed by atoms with Crippen molar-refractivity contribution in [2.75, 3.05) is 11.0 Å². The van der Waals surface area contributed by atoms with Gasteiger partial charge in [-0.25, -0.2) is 0 Å². The number of hydrogen-bond acceptors (Lipinski definition) is 3. The van der Waals surface area contributed by atoms with Crippen LogP contribution in [0.1, 0.15) is 25.7 Å². The summed E-state index contributed by atoms with van der Waals surface area (Å²) in [6.45, 7) is 0.599. The summed E-state index contributed by atoms with van der Waals surface area (Å²) in [5.74, 6) is -0.920. The van der Waals surface area contributed by atoms with E-state index in [1.807, 2.05) is 0 Å². The minimum Gasteiger partial charge on any atom is -0.480 e. The van der Waals surface area contributed by atoms with Gasteiger partial charge in [-0.05, 0) is 19.3 Å². The predicted octanol–water partition coefficient (Wildman–Crippen LogP) is 0.510. The van der Waals surface area contributed by atoms with Crippen molar-refractivity contribution >= 4 is 34.5 Å². The number of halogens is 1. The Labute approximate surface area is 103 Å². The molecule has 4 N–H and O–H groups in total. The zero-order valence-corrected chi connectivity index (χ0v) is 10.7. The monoisotopic (exact) mass is 328 g/mol. The molecule has 0 aliphatic rings. The van der Waals surface area contributed by atoms with E-state index in [-0.39, 0.29) is 5.91 Å². The number of hydrogen-bond donors (Lipinski definition) is 3. The highest BCUT2D eigenvalue weighted by Crippen LogP contribution is 1.98. The maximum absolute atomic E-state index is 11.0. The molecule has 0 aliphatic carbocycles. The summed E-state index contributed by atoms with van der Waals surface area (Å²) in [7, 11) is 0. The molecule has 0 saturated heterocycles. The van der Waals surface area contributed by atoms with Gasteiger partial charge >= 0.3 is 5.97 Å². The van der Waals surface area contributed by atoms with Crippen molar-refractivity contribution in [3.8, 4) is 0 Å². The molecule has 0 spiro atoms. The van der Waals surface area contributed by atoms with Gasteiger partial charge in [-0.15, -0.1) is 0 Å². The lowest BCUT2D eigenvalue weighted by Crippen LogP contribution is -2.30. The van der Waals surface area contributed by atoms with Crippen LogP contribution in [-0.2, 0) is 9.59 Å². The molecule has 1 atom stereocenters. The molecule has 0 saturated carbocycles. The van der Waals surface area contributed by atoms with E-state index in [2.05, 4.69) is 27.9 Å². The number of nitrogens with two attached hydrogens (primary N) is 1. The summed E-state index contributed by atoms with van der Waals surface area (Å²) in [5, 5.41) is 11.3. The Hall–Kier alpha value is -0.370. The van der Waals surface area contributed by atoms with Crippen molar-refractivity contribution in [2.45, 2.75) is 31.7 Å². The molecular weight excluding hydrogens is 311 g/mol. The third kappa shape index (κ3) is 8.61.